The Balaban J connectivity index is 2.44. The zero-order valence-electron chi connectivity index (χ0n) is 8.32. The summed E-state index contributed by atoms with van der Waals surface area (Å²) >= 11 is 0.986. The maximum atomic E-state index is 11.3. The summed E-state index contributed by atoms with van der Waals surface area (Å²) in [6, 6.07) is 6.83. The molecule has 4 nitrogen and oxygen atoms in total. The third-order valence-electron chi connectivity index (χ3n) is 1.60. The number of carbonyl (C=O) groups is 2. The third-order valence-corrected chi connectivity index (χ3v) is 2.41. The SMILES string of the molecule is CC(=O)SCC(=O)Nc1ccc(N)cc1. The zero-order valence-corrected chi connectivity index (χ0v) is 9.14. The lowest BCUT2D eigenvalue weighted by atomic mass is 10.3. The molecular weight excluding hydrogens is 212 g/mol. The standard InChI is InChI=1S/C10H12N2O2S/c1-7(13)15-6-10(14)12-9-4-2-8(11)3-5-9/h2-5H,6,11H2,1H3,(H,12,14). The number of anilines is 2. The normalized spacial score (nSPS) is 9.67. The van der Waals surface area contributed by atoms with Crippen molar-refractivity contribution in [1.82, 2.24) is 0 Å². The molecule has 0 unspecified atom stereocenters. The number of benzene rings is 1. The molecule has 0 aliphatic carbocycles. The van der Waals surface area contributed by atoms with Crippen LogP contribution in [0.5, 0.6) is 0 Å². The van der Waals surface area contributed by atoms with E-state index in [-0.39, 0.29) is 16.8 Å². The van der Waals surface area contributed by atoms with E-state index in [1.165, 1.54) is 6.92 Å². The fourth-order valence-corrected chi connectivity index (χ4v) is 1.34. The predicted molar refractivity (Wildman–Crippen MR) is 62.6 cm³/mol. The summed E-state index contributed by atoms with van der Waals surface area (Å²) in [7, 11) is 0. The number of carbonyl (C=O) groups excluding carboxylic acids is 2. The number of hydrogen-bond donors (Lipinski definition) is 2. The van der Waals surface area contributed by atoms with Gasteiger partial charge < -0.3 is 11.1 Å². The van der Waals surface area contributed by atoms with Gasteiger partial charge in [-0.05, 0) is 24.3 Å². The van der Waals surface area contributed by atoms with Gasteiger partial charge in [0.25, 0.3) is 0 Å². The van der Waals surface area contributed by atoms with Crippen molar-refractivity contribution in [3.63, 3.8) is 0 Å². The first kappa shape index (κ1) is 11.6. The summed E-state index contributed by atoms with van der Waals surface area (Å²) in [6.07, 6.45) is 0. The van der Waals surface area contributed by atoms with Gasteiger partial charge in [-0.15, -0.1) is 0 Å². The minimum atomic E-state index is -0.194. The highest BCUT2D eigenvalue weighted by Crippen LogP contribution is 2.11. The van der Waals surface area contributed by atoms with E-state index in [0.717, 1.165) is 11.8 Å². The Kier molecular flexibility index (Phi) is 4.17. The Morgan fingerprint density at radius 3 is 2.47 bits per heavy atom. The van der Waals surface area contributed by atoms with Crippen LogP contribution in [0.15, 0.2) is 24.3 Å². The van der Waals surface area contributed by atoms with Crippen LogP contribution in [-0.4, -0.2) is 16.8 Å². The van der Waals surface area contributed by atoms with E-state index in [1.54, 1.807) is 24.3 Å². The molecule has 15 heavy (non-hydrogen) atoms. The van der Waals surface area contributed by atoms with Gasteiger partial charge in [0.2, 0.25) is 5.91 Å². The van der Waals surface area contributed by atoms with Crippen LogP contribution in [0.3, 0.4) is 0 Å². The van der Waals surface area contributed by atoms with Crippen LogP contribution < -0.4 is 11.1 Å². The summed E-state index contributed by atoms with van der Waals surface area (Å²) in [5, 5.41) is 2.59. The number of nitrogens with two attached hydrogens (primary N) is 1. The summed E-state index contributed by atoms with van der Waals surface area (Å²) in [5.41, 5.74) is 6.82. The van der Waals surface area contributed by atoms with Crippen molar-refractivity contribution in [2.45, 2.75) is 6.92 Å². The smallest absolute Gasteiger partial charge is 0.234 e. The Morgan fingerprint density at radius 1 is 1.33 bits per heavy atom. The second-order valence-electron chi connectivity index (χ2n) is 2.95. The number of nitrogens with one attached hydrogen (secondary N) is 1. The van der Waals surface area contributed by atoms with E-state index < -0.39 is 0 Å². The van der Waals surface area contributed by atoms with Gasteiger partial charge in [-0.2, -0.15) is 0 Å². The van der Waals surface area contributed by atoms with Crippen molar-refractivity contribution in [3.8, 4) is 0 Å². The molecule has 5 heteroatoms. The number of hydrogen-bond acceptors (Lipinski definition) is 4. The van der Waals surface area contributed by atoms with Crippen molar-refractivity contribution in [3.05, 3.63) is 24.3 Å². The monoisotopic (exact) mass is 224 g/mol. The molecule has 0 aliphatic heterocycles. The minimum absolute atomic E-state index is 0.0672. The molecule has 80 valence electrons. The molecule has 1 aromatic carbocycles. The third kappa shape index (κ3) is 4.51. The lowest BCUT2D eigenvalue weighted by Gasteiger charge is -2.03. The van der Waals surface area contributed by atoms with Gasteiger partial charge in [0, 0.05) is 18.3 Å². The number of rotatable bonds is 3. The fourth-order valence-electron chi connectivity index (χ4n) is 0.931. The molecule has 0 aliphatic rings. The van der Waals surface area contributed by atoms with Crippen molar-refractivity contribution < 1.29 is 9.59 Å². The van der Waals surface area contributed by atoms with Crippen molar-refractivity contribution in [2.75, 3.05) is 16.8 Å². The van der Waals surface area contributed by atoms with Gasteiger partial charge in [-0.3, -0.25) is 9.59 Å². The Morgan fingerprint density at radius 2 is 1.93 bits per heavy atom. The summed E-state index contributed by atoms with van der Waals surface area (Å²) in [5.74, 6) is -0.0559. The number of nitrogen functional groups attached to an aromatic ring is 1. The van der Waals surface area contributed by atoms with E-state index in [1.807, 2.05) is 0 Å². The summed E-state index contributed by atoms with van der Waals surface area (Å²) < 4.78 is 0. The van der Waals surface area contributed by atoms with Gasteiger partial charge in [-0.25, -0.2) is 0 Å². The van der Waals surface area contributed by atoms with E-state index in [0.29, 0.717) is 11.4 Å². The highest BCUT2D eigenvalue weighted by atomic mass is 32.2. The molecule has 0 radical (unpaired) electrons. The van der Waals surface area contributed by atoms with Crippen LogP contribution in [0.25, 0.3) is 0 Å². The molecular formula is C10H12N2O2S. The lowest BCUT2D eigenvalue weighted by molar-refractivity contribution is -0.114. The molecule has 0 saturated heterocycles. The summed E-state index contributed by atoms with van der Waals surface area (Å²) in [6.45, 7) is 1.43. The second-order valence-corrected chi connectivity index (χ2v) is 4.10. The van der Waals surface area contributed by atoms with Crippen LogP contribution in [0.1, 0.15) is 6.92 Å². The van der Waals surface area contributed by atoms with Gasteiger partial charge in [0.1, 0.15) is 0 Å². The molecule has 1 amide bonds. The highest BCUT2D eigenvalue weighted by Gasteiger charge is 2.04. The van der Waals surface area contributed by atoms with Crippen LogP contribution in [-0.2, 0) is 9.59 Å². The first-order chi connectivity index (χ1) is 7.08. The van der Waals surface area contributed by atoms with Crippen molar-refractivity contribution in [1.29, 1.82) is 0 Å². The number of amides is 1. The molecule has 1 rings (SSSR count). The Hall–Kier alpha value is -1.49. The largest absolute Gasteiger partial charge is 0.399 e. The van der Waals surface area contributed by atoms with Crippen LogP contribution in [0, 0.1) is 0 Å². The molecule has 0 bridgehead atoms. The van der Waals surface area contributed by atoms with Crippen LogP contribution in [0.2, 0.25) is 0 Å². The maximum Gasteiger partial charge on any atom is 0.234 e. The summed E-state index contributed by atoms with van der Waals surface area (Å²) in [4.78, 5) is 21.9. The highest BCUT2D eigenvalue weighted by molar-refractivity contribution is 8.14. The molecule has 0 atom stereocenters. The molecule has 0 spiro atoms. The van der Waals surface area contributed by atoms with E-state index >= 15 is 0 Å². The van der Waals surface area contributed by atoms with Gasteiger partial charge in [0.05, 0.1) is 5.75 Å². The molecule has 0 saturated carbocycles. The average molecular weight is 224 g/mol. The van der Waals surface area contributed by atoms with Crippen LogP contribution in [0.4, 0.5) is 11.4 Å². The first-order valence-corrected chi connectivity index (χ1v) is 5.35. The second kappa shape index (κ2) is 5.41. The van der Waals surface area contributed by atoms with E-state index in [2.05, 4.69) is 5.32 Å². The van der Waals surface area contributed by atoms with Crippen molar-refractivity contribution in [2.24, 2.45) is 0 Å². The van der Waals surface area contributed by atoms with Gasteiger partial charge in [-0.1, -0.05) is 11.8 Å². The van der Waals surface area contributed by atoms with Crippen LogP contribution >= 0.6 is 11.8 Å². The molecule has 0 fully saturated rings. The Bertz CT molecular complexity index is 362. The fraction of sp³-hybridized carbons (Fsp3) is 0.200. The quantitative estimate of drug-likeness (QED) is 0.763. The van der Waals surface area contributed by atoms with E-state index in [4.69, 9.17) is 5.73 Å². The van der Waals surface area contributed by atoms with Gasteiger partial charge in [0.15, 0.2) is 5.12 Å². The minimum Gasteiger partial charge on any atom is -0.399 e. The Labute approximate surface area is 92.2 Å². The molecule has 0 aromatic heterocycles. The molecule has 3 N–H and O–H groups in total. The van der Waals surface area contributed by atoms with Crippen molar-refractivity contribution >= 4 is 34.2 Å². The van der Waals surface area contributed by atoms with Gasteiger partial charge >= 0.3 is 0 Å². The first-order valence-electron chi connectivity index (χ1n) is 4.36. The predicted octanol–water partition coefficient (Wildman–Crippen LogP) is 1.49. The lowest BCUT2D eigenvalue weighted by Crippen LogP contribution is -2.14. The van der Waals surface area contributed by atoms with E-state index in [9.17, 15) is 9.59 Å². The number of thioether (sulfide) groups is 1. The zero-order chi connectivity index (χ0) is 11.3. The topological polar surface area (TPSA) is 72.2 Å². The average Bonchev–Trinajstić information content (AvgIpc) is 2.19. The molecule has 1 aromatic rings. The molecule has 0 heterocycles. The maximum absolute atomic E-state index is 11.3.